The van der Waals surface area contributed by atoms with Crippen molar-refractivity contribution in [3.8, 4) is 44.5 Å². The summed E-state index contributed by atoms with van der Waals surface area (Å²) < 4.78 is 273. The van der Waals surface area contributed by atoms with Crippen molar-refractivity contribution < 1.29 is 41.1 Å². The summed E-state index contributed by atoms with van der Waals surface area (Å²) in [6.07, 6.45) is 0. The van der Waals surface area contributed by atoms with Gasteiger partial charge in [0.15, 0.2) is 0 Å². The molecule has 0 unspecified atom stereocenters. The molecule has 0 heterocycles. The van der Waals surface area contributed by atoms with Gasteiger partial charge in [-0.15, -0.1) is 0 Å². The summed E-state index contributed by atoms with van der Waals surface area (Å²) in [7, 11) is 0. The highest BCUT2D eigenvalue weighted by Crippen LogP contribution is 2.47. The lowest BCUT2D eigenvalue weighted by Crippen LogP contribution is -1.93. The van der Waals surface area contributed by atoms with Crippen LogP contribution in [0.5, 0.6) is 0 Å². The molecule has 0 aromatic heterocycles. The van der Waals surface area contributed by atoms with Crippen molar-refractivity contribution in [2.75, 3.05) is 0 Å². The van der Waals surface area contributed by atoms with Crippen molar-refractivity contribution in [2.24, 2.45) is 0 Å². The summed E-state index contributed by atoms with van der Waals surface area (Å²) >= 11 is 0. The number of benzene rings is 10. The number of hydrogen-bond donors (Lipinski definition) is 0. The highest BCUT2D eigenvalue weighted by atomic mass is 14.2. The Morgan fingerprint density at radius 3 is 1.62 bits per heavy atom. The first-order chi connectivity index (χ1) is 37.3. The average Bonchev–Trinajstić information content (AvgIpc) is 3.41. The van der Waals surface area contributed by atoms with Crippen LogP contribution >= 0.6 is 0 Å². The van der Waals surface area contributed by atoms with E-state index in [1.54, 1.807) is 0 Å². The van der Waals surface area contributed by atoms with Crippen molar-refractivity contribution in [1.82, 2.24) is 0 Å². The standard InChI is InChI=1S/C50H32/c1-3-14-36-29-39(25-23-33(36)11-1)38-17-9-18-42(31-38)49-45-20-7-8-21-46(45)50(44-22-10-16-35-13-5-6-19-43(35)44)47-28-27-41(32-48(47)49)40-26-24-34-12-2-4-15-37(34)30-40/h1-32H/i1D,2D,3D,4D,5D,6D,7D,8D,9D,10D,11D,12D,13D,14D,15D,16D,18D,19D,20D,21D,22D,23D,24D,25D,27D,28D,29D,30D,31D,32D. The first-order valence-corrected chi connectivity index (χ1v) is 14.9. The van der Waals surface area contributed by atoms with E-state index in [2.05, 4.69) is 0 Å². The van der Waals surface area contributed by atoms with Gasteiger partial charge in [-0.25, -0.2) is 0 Å². The molecule has 0 N–H and O–H groups in total. The van der Waals surface area contributed by atoms with Gasteiger partial charge in [0, 0.05) is 0 Å². The van der Waals surface area contributed by atoms with E-state index in [9.17, 15) is 17.8 Å². The third-order valence-corrected chi connectivity index (χ3v) is 8.08. The molecule has 10 aromatic carbocycles. The molecule has 0 bridgehead atoms. The normalized spacial score (nSPS) is 20.0. The maximum Gasteiger partial charge on any atom is 0.0636 e. The fourth-order valence-corrected chi connectivity index (χ4v) is 5.88. The van der Waals surface area contributed by atoms with Crippen LogP contribution in [0.1, 0.15) is 41.1 Å². The van der Waals surface area contributed by atoms with Crippen LogP contribution in [0.25, 0.3) is 98.4 Å². The van der Waals surface area contributed by atoms with Crippen LogP contribution in [0.15, 0.2) is 193 Å². The molecule has 0 atom stereocenters. The third kappa shape index (κ3) is 4.69. The van der Waals surface area contributed by atoms with E-state index < -0.39 is 280 Å². The SMILES string of the molecule is [2H]c1cc(-c2c([2H])c([2H])c3c([2H])c([2H])c([2H])c([2H])c3c2[2H])c([2H])c(-c2c3c([2H])c([2H])c([2H])c([2H])c3c(-c3c([2H])c([2H])c([2H])c4c([2H])c([2H])c([2H])c([2H])c34)c3c([2H])c([2H])c(-c4cc([2H])c5c([2H])c([2H])c([2H])c([2H])c5c4[2H])c([2H])c23)c1[2H]. The van der Waals surface area contributed by atoms with Gasteiger partial charge in [-0.05, 0) is 123 Å². The molecule has 0 aliphatic carbocycles. The van der Waals surface area contributed by atoms with Gasteiger partial charge in [-0.3, -0.25) is 0 Å². The first kappa shape index (κ1) is 11.5. The maximum absolute atomic E-state index is 10.3. The van der Waals surface area contributed by atoms with Crippen LogP contribution in [-0.4, -0.2) is 0 Å². The van der Waals surface area contributed by atoms with Crippen LogP contribution in [0.4, 0.5) is 0 Å². The first-order valence-electron chi connectivity index (χ1n) is 29.9. The Morgan fingerprint density at radius 1 is 0.260 bits per heavy atom. The van der Waals surface area contributed by atoms with Crippen molar-refractivity contribution in [3.63, 3.8) is 0 Å². The molecule has 0 radical (unpaired) electrons. The van der Waals surface area contributed by atoms with E-state index in [0.29, 0.717) is 0 Å². The summed E-state index contributed by atoms with van der Waals surface area (Å²) in [6, 6.07) is -25.7. The highest BCUT2D eigenvalue weighted by Gasteiger charge is 2.19. The van der Waals surface area contributed by atoms with Gasteiger partial charge in [0.05, 0.1) is 41.1 Å². The molecule has 10 rings (SSSR count). The lowest BCUT2D eigenvalue weighted by Gasteiger charge is -2.20. The highest BCUT2D eigenvalue weighted by molar-refractivity contribution is 6.24. The van der Waals surface area contributed by atoms with Crippen LogP contribution in [0.3, 0.4) is 0 Å². The summed E-state index contributed by atoms with van der Waals surface area (Å²) in [5.74, 6) is 0. The Kier molecular flexibility index (Phi) is 2.67. The summed E-state index contributed by atoms with van der Waals surface area (Å²) in [6.45, 7) is 0. The molecule has 0 aliphatic rings. The summed E-state index contributed by atoms with van der Waals surface area (Å²) in [5, 5.41) is -6.79. The van der Waals surface area contributed by atoms with Crippen molar-refractivity contribution in [1.29, 1.82) is 0 Å². The predicted octanol–water partition coefficient (Wildman–Crippen LogP) is 14.1. The zero-order valence-electron chi connectivity index (χ0n) is 55.2. The summed E-state index contributed by atoms with van der Waals surface area (Å²) in [5.41, 5.74) is -6.01. The molecule has 0 fully saturated rings. The monoisotopic (exact) mass is 662 g/mol. The second-order valence-electron chi connectivity index (χ2n) is 10.9. The van der Waals surface area contributed by atoms with Gasteiger partial charge in [0.25, 0.3) is 0 Å². The zero-order chi connectivity index (χ0) is 59.1. The summed E-state index contributed by atoms with van der Waals surface area (Å²) in [4.78, 5) is 0. The number of hydrogen-bond acceptors (Lipinski definition) is 0. The molecule has 0 heteroatoms. The van der Waals surface area contributed by atoms with E-state index in [1.165, 1.54) is 0 Å². The molecule has 0 amide bonds. The minimum absolute atomic E-state index is 0.455. The second kappa shape index (κ2) is 11.6. The Hall–Kier alpha value is -6.50. The number of fused-ring (bicyclic) bond motifs is 5. The molecule has 10 aromatic rings. The maximum atomic E-state index is 10.3. The van der Waals surface area contributed by atoms with Gasteiger partial charge in [0.2, 0.25) is 0 Å². The van der Waals surface area contributed by atoms with Crippen molar-refractivity contribution in [2.45, 2.75) is 0 Å². The van der Waals surface area contributed by atoms with E-state index in [1.807, 2.05) is 0 Å². The minimum atomic E-state index is -1.09. The Labute approximate surface area is 333 Å². The Bertz CT molecular complexity index is 4630. The van der Waals surface area contributed by atoms with Crippen LogP contribution in [0, 0.1) is 0 Å². The van der Waals surface area contributed by atoms with E-state index in [-0.39, 0.29) is 0 Å². The third-order valence-electron chi connectivity index (χ3n) is 8.08. The topological polar surface area (TPSA) is 0 Å². The second-order valence-corrected chi connectivity index (χ2v) is 10.9. The minimum Gasteiger partial charge on any atom is -0.0616 e. The quantitative estimate of drug-likeness (QED) is 0.165. The lowest BCUT2D eigenvalue weighted by molar-refractivity contribution is 1.62. The van der Waals surface area contributed by atoms with Gasteiger partial charge >= 0.3 is 0 Å². The predicted molar refractivity (Wildman–Crippen MR) is 216 cm³/mol. The zero-order valence-corrected chi connectivity index (χ0v) is 25.2. The largest absolute Gasteiger partial charge is 0.0636 e. The van der Waals surface area contributed by atoms with Crippen LogP contribution in [-0.2, 0) is 0 Å². The number of rotatable bonds is 4. The van der Waals surface area contributed by atoms with Crippen molar-refractivity contribution in [3.05, 3.63) is 193 Å². The van der Waals surface area contributed by atoms with Gasteiger partial charge < -0.3 is 0 Å². The van der Waals surface area contributed by atoms with E-state index in [4.69, 9.17) is 23.3 Å². The molecule has 50 heavy (non-hydrogen) atoms. The molecule has 0 saturated heterocycles. The van der Waals surface area contributed by atoms with Gasteiger partial charge in [-0.1, -0.05) is 169 Å². The molecular weight excluding hydrogens is 601 g/mol. The molecule has 0 nitrogen and oxygen atoms in total. The van der Waals surface area contributed by atoms with Crippen LogP contribution in [0.2, 0.25) is 0 Å². The molecule has 0 aliphatic heterocycles. The van der Waals surface area contributed by atoms with E-state index in [0.717, 1.165) is 12.1 Å². The Morgan fingerprint density at radius 2 is 0.820 bits per heavy atom. The molecule has 0 spiro atoms. The molecule has 232 valence electrons. The molecular formula is C50H32. The van der Waals surface area contributed by atoms with Crippen molar-refractivity contribution >= 4 is 53.9 Å². The lowest BCUT2D eigenvalue weighted by atomic mass is 9.83. The fraction of sp³-hybridized carbons (Fsp3) is 0. The van der Waals surface area contributed by atoms with Crippen LogP contribution < -0.4 is 0 Å². The van der Waals surface area contributed by atoms with Gasteiger partial charge in [-0.2, -0.15) is 0 Å². The fourth-order valence-electron chi connectivity index (χ4n) is 5.88. The molecule has 0 saturated carbocycles. The average molecular weight is 663 g/mol. The Balaban J connectivity index is 1.56. The van der Waals surface area contributed by atoms with E-state index >= 15 is 0 Å². The smallest absolute Gasteiger partial charge is 0.0616 e. The van der Waals surface area contributed by atoms with Gasteiger partial charge in [0.1, 0.15) is 0 Å².